The lowest BCUT2D eigenvalue weighted by Crippen LogP contribution is -2.34. The molecule has 0 atom stereocenters. The molecule has 0 aliphatic rings. The third-order valence-electron chi connectivity index (χ3n) is 4.14. The van der Waals surface area contributed by atoms with Gasteiger partial charge in [-0.2, -0.15) is 0 Å². The summed E-state index contributed by atoms with van der Waals surface area (Å²) in [6.07, 6.45) is -0.483. The van der Waals surface area contributed by atoms with Crippen LogP contribution in [0.3, 0.4) is 0 Å². The molecule has 1 heterocycles. The van der Waals surface area contributed by atoms with E-state index in [-0.39, 0.29) is 12.5 Å². The molecule has 140 valence electrons. The van der Waals surface area contributed by atoms with Gasteiger partial charge >= 0.3 is 0 Å². The van der Waals surface area contributed by atoms with Crippen molar-refractivity contribution in [3.63, 3.8) is 0 Å². The van der Waals surface area contributed by atoms with Gasteiger partial charge in [-0.3, -0.25) is 4.79 Å². The zero-order valence-electron chi connectivity index (χ0n) is 15.6. The van der Waals surface area contributed by atoms with Crippen molar-refractivity contribution < 1.29 is 14.3 Å². The molecule has 0 fully saturated rings. The Morgan fingerprint density at radius 2 is 1.81 bits per heavy atom. The smallest absolute Gasteiger partial charge is 0.252 e. The van der Waals surface area contributed by atoms with E-state index in [0.29, 0.717) is 5.56 Å². The third-order valence-corrected chi connectivity index (χ3v) is 5.06. The van der Waals surface area contributed by atoms with Gasteiger partial charge in [0.2, 0.25) is 0 Å². The quantitative estimate of drug-likeness (QED) is 0.625. The number of methoxy groups -OCH3 is 2. The van der Waals surface area contributed by atoms with Crippen molar-refractivity contribution in [1.82, 2.24) is 10.3 Å². The van der Waals surface area contributed by atoms with Crippen molar-refractivity contribution in [2.45, 2.75) is 23.1 Å². The van der Waals surface area contributed by atoms with Crippen molar-refractivity contribution in [2.75, 3.05) is 20.8 Å². The number of pyridine rings is 1. The summed E-state index contributed by atoms with van der Waals surface area (Å²) in [5.41, 5.74) is 2.58. The summed E-state index contributed by atoms with van der Waals surface area (Å²) in [5, 5.41) is 4.46. The summed E-state index contributed by atoms with van der Waals surface area (Å²) in [7, 11) is 3.08. The molecule has 0 aliphatic heterocycles. The van der Waals surface area contributed by atoms with Crippen LogP contribution in [-0.4, -0.2) is 37.9 Å². The van der Waals surface area contributed by atoms with Gasteiger partial charge in [0.05, 0.1) is 17.6 Å². The van der Waals surface area contributed by atoms with E-state index >= 15 is 0 Å². The number of hydrogen-bond donors (Lipinski definition) is 1. The predicted molar refractivity (Wildman–Crippen MR) is 107 cm³/mol. The fraction of sp³-hybridized carbons (Fsp3) is 0.238. The average molecular weight is 382 g/mol. The molecule has 1 amide bonds. The first-order chi connectivity index (χ1) is 13.1. The summed E-state index contributed by atoms with van der Waals surface area (Å²) in [4.78, 5) is 18.6. The van der Waals surface area contributed by atoms with E-state index in [0.717, 1.165) is 20.8 Å². The number of aromatic nitrogens is 1. The van der Waals surface area contributed by atoms with Crippen molar-refractivity contribution >= 4 is 28.6 Å². The number of ether oxygens (including phenoxy) is 2. The molecule has 1 N–H and O–H groups in total. The second-order valence-electron chi connectivity index (χ2n) is 6.05. The number of fused-ring (bicyclic) bond motifs is 1. The first-order valence-corrected chi connectivity index (χ1v) is 9.40. The highest BCUT2D eigenvalue weighted by atomic mass is 32.2. The number of nitrogens with zero attached hydrogens (tertiary/aromatic N) is 1. The summed E-state index contributed by atoms with van der Waals surface area (Å²) in [6.45, 7) is 2.32. The molecule has 5 nitrogen and oxygen atoms in total. The van der Waals surface area contributed by atoms with Crippen LogP contribution in [0.15, 0.2) is 64.5 Å². The maximum atomic E-state index is 12.8. The van der Waals surface area contributed by atoms with Gasteiger partial charge in [0.25, 0.3) is 5.91 Å². The Hall–Kier alpha value is -2.41. The zero-order chi connectivity index (χ0) is 19.2. The van der Waals surface area contributed by atoms with E-state index in [1.165, 1.54) is 17.3 Å². The molecular formula is C21H22N2O3S. The molecule has 3 aromatic rings. The maximum absolute atomic E-state index is 12.8. The summed E-state index contributed by atoms with van der Waals surface area (Å²) in [5.74, 6) is -0.182. The lowest BCUT2D eigenvalue weighted by atomic mass is 10.1. The van der Waals surface area contributed by atoms with Crippen LogP contribution in [0, 0.1) is 6.92 Å². The lowest BCUT2D eigenvalue weighted by Gasteiger charge is -2.15. The van der Waals surface area contributed by atoms with Gasteiger partial charge in [-0.05, 0) is 31.2 Å². The van der Waals surface area contributed by atoms with Crippen LogP contribution < -0.4 is 5.32 Å². The van der Waals surface area contributed by atoms with Crippen molar-refractivity contribution in [1.29, 1.82) is 0 Å². The molecule has 0 spiro atoms. The average Bonchev–Trinajstić information content (AvgIpc) is 2.69. The standard InChI is InChI=1S/C21H22N2O3S/c1-14-8-10-15(11-9-14)27-19-12-17(16-6-4-5-7-18(16)23-19)21(24)22-13-20(25-2)26-3/h4-12,20H,13H2,1-3H3,(H,22,24). The largest absolute Gasteiger partial charge is 0.354 e. The molecule has 0 saturated heterocycles. The van der Waals surface area contributed by atoms with E-state index in [1.54, 1.807) is 14.2 Å². The molecule has 0 saturated carbocycles. The van der Waals surface area contributed by atoms with Crippen molar-refractivity contribution in [3.05, 3.63) is 65.7 Å². The minimum absolute atomic E-state index is 0.182. The molecule has 6 heteroatoms. The molecule has 2 aromatic carbocycles. The Bertz CT molecular complexity index is 924. The molecule has 0 bridgehead atoms. The van der Waals surface area contributed by atoms with Gasteiger partial charge in [0.15, 0.2) is 6.29 Å². The highest BCUT2D eigenvalue weighted by Gasteiger charge is 2.15. The normalized spacial score (nSPS) is 11.1. The number of carbonyl (C=O) groups excluding carboxylic acids is 1. The number of benzene rings is 2. The molecule has 3 rings (SSSR count). The Labute approximate surface area is 163 Å². The Morgan fingerprint density at radius 1 is 1.11 bits per heavy atom. The molecule has 27 heavy (non-hydrogen) atoms. The first-order valence-electron chi connectivity index (χ1n) is 8.59. The van der Waals surface area contributed by atoms with E-state index in [1.807, 2.05) is 30.3 Å². The van der Waals surface area contributed by atoms with Gasteiger partial charge in [-0.15, -0.1) is 0 Å². The lowest BCUT2D eigenvalue weighted by molar-refractivity contribution is -0.0974. The molecular weight excluding hydrogens is 360 g/mol. The van der Waals surface area contributed by atoms with Gasteiger partial charge in [0.1, 0.15) is 5.03 Å². The molecule has 0 aliphatic carbocycles. The van der Waals surface area contributed by atoms with Crippen LogP contribution in [0.1, 0.15) is 15.9 Å². The number of rotatable bonds is 7. The van der Waals surface area contributed by atoms with Crippen LogP contribution >= 0.6 is 11.8 Å². The Morgan fingerprint density at radius 3 is 2.52 bits per heavy atom. The zero-order valence-corrected chi connectivity index (χ0v) is 16.4. The fourth-order valence-electron chi connectivity index (χ4n) is 2.65. The fourth-order valence-corrected chi connectivity index (χ4v) is 3.49. The van der Waals surface area contributed by atoms with Gasteiger partial charge < -0.3 is 14.8 Å². The number of aryl methyl sites for hydroxylation is 1. The second-order valence-corrected chi connectivity index (χ2v) is 7.15. The van der Waals surface area contributed by atoms with Crippen LogP contribution in [-0.2, 0) is 9.47 Å². The minimum Gasteiger partial charge on any atom is -0.354 e. The Kier molecular flexibility index (Phi) is 6.45. The minimum atomic E-state index is -0.483. The molecule has 0 radical (unpaired) electrons. The van der Waals surface area contributed by atoms with Crippen LogP contribution in [0.4, 0.5) is 0 Å². The summed E-state index contributed by atoms with van der Waals surface area (Å²) < 4.78 is 10.3. The van der Waals surface area contributed by atoms with Crippen LogP contribution in [0.2, 0.25) is 0 Å². The molecule has 0 unspecified atom stereocenters. The number of hydrogen-bond acceptors (Lipinski definition) is 5. The Balaban J connectivity index is 1.90. The van der Waals surface area contributed by atoms with Crippen LogP contribution in [0.5, 0.6) is 0 Å². The van der Waals surface area contributed by atoms with Crippen molar-refractivity contribution in [2.24, 2.45) is 0 Å². The highest BCUT2D eigenvalue weighted by Crippen LogP contribution is 2.30. The van der Waals surface area contributed by atoms with Gasteiger partial charge in [-0.25, -0.2) is 4.98 Å². The number of carbonyl (C=O) groups is 1. The van der Waals surface area contributed by atoms with E-state index in [2.05, 4.69) is 36.5 Å². The SMILES string of the molecule is COC(CNC(=O)c1cc(Sc2ccc(C)cc2)nc2ccccc12)OC. The van der Waals surface area contributed by atoms with Gasteiger partial charge in [0, 0.05) is 24.5 Å². The molecule has 1 aromatic heterocycles. The summed E-state index contributed by atoms with van der Waals surface area (Å²) >= 11 is 1.54. The number of amides is 1. The van der Waals surface area contributed by atoms with Crippen LogP contribution in [0.25, 0.3) is 10.9 Å². The number of nitrogens with one attached hydrogen (secondary N) is 1. The van der Waals surface area contributed by atoms with E-state index < -0.39 is 6.29 Å². The van der Waals surface area contributed by atoms with Gasteiger partial charge in [-0.1, -0.05) is 47.7 Å². The second kappa shape index (κ2) is 8.99. The van der Waals surface area contributed by atoms with E-state index in [4.69, 9.17) is 14.5 Å². The summed E-state index contributed by atoms with van der Waals surface area (Å²) in [6, 6.07) is 17.7. The van der Waals surface area contributed by atoms with Crippen molar-refractivity contribution in [3.8, 4) is 0 Å². The highest BCUT2D eigenvalue weighted by molar-refractivity contribution is 7.99. The predicted octanol–water partition coefficient (Wildman–Crippen LogP) is 4.04. The first kappa shape index (κ1) is 19.4. The monoisotopic (exact) mass is 382 g/mol. The number of para-hydroxylation sites is 1. The third kappa shape index (κ3) is 4.86. The topological polar surface area (TPSA) is 60.5 Å². The maximum Gasteiger partial charge on any atom is 0.252 e. The van der Waals surface area contributed by atoms with E-state index in [9.17, 15) is 4.79 Å².